The molecule has 4 heteroatoms. The van der Waals surface area contributed by atoms with Crippen LogP contribution in [0.5, 0.6) is 0 Å². The molecule has 3 nitrogen and oxygen atoms in total. The predicted molar refractivity (Wildman–Crippen MR) is 72.7 cm³/mol. The van der Waals surface area contributed by atoms with E-state index in [-0.39, 0.29) is 0 Å². The van der Waals surface area contributed by atoms with Gasteiger partial charge >= 0.3 is 0 Å². The van der Waals surface area contributed by atoms with Crippen molar-refractivity contribution in [3.63, 3.8) is 0 Å². The minimum absolute atomic E-state index is 0.489. The lowest BCUT2D eigenvalue weighted by Crippen LogP contribution is -2.31. The second-order valence-electron chi connectivity index (χ2n) is 3.28. The van der Waals surface area contributed by atoms with Crippen molar-refractivity contribution in [2.75, 3.05) is 6.54 Å². The van der Waals surface area contributed by atoms with Crippen LogP contribution in [0.3, 0.4) is 0 Å². The quantitative estimate of drug-likeness (QED) is 0.361. The fourth-order valence-corrected chi connectivity index (χ4v) is 1.16. The Balaban J connectivity index is 2.39. The number of hydrogen-bond acceptors (Lipinski definition) is 2. The lowest BCUT2D eigenvalue weighted by atomic mass is 10.2. The van der Waals surface area contributed by atoms with E-state index in [0.29, 0.717) is 11.7 Å². The van der Waals surface area contributed by atoms with Crippen molar-refractivity contribution in [2.45, 2.75) is 6.92 Å². The van der Waals surface area contributed by atoms with Gasteiger partial charge in [-0.3, -0.25) is 5.43 Å². The third kappa shape index (κ3) is 4.70. The van der Waals surface area contributed by atoms with Gasteiger partial charge in [-0.1, -0.05) is 35.9 Å². The van der Waals surface area contributed by atoms with Gasteiger partial charge in [0.1, 0.15) is 0 Å². The summed E-state index contributed by atoms with van der Waals surface area (Å²) in [7, 11) is 0. The predicted octanol–water partition coefficient (Wildman–Crippen LogP) is 1.98. The number of nitrogens with one attached hydrogen (secondary N) is 2. The maximum atomic E-state index is 4.97. The Morgan fingerprint density at radius 2 is 2.12 bits per heavy atom. The van der Waals surface area contributed by atoms with Gasteiger partial charge in [-0.25, -0.2) is 0 Å². The summed E-state index contributed by atoms with van der Waals surface area (Å²) >= 11 is 4.97. The van der Waals surface area contributed by atoms with Crippen LogP contribution in [0.15, 0.2) is 42.0 Å². The van der Waals surface area contributed by atoms with Crippen LogP contribution in [-0.4, -0.2) is 17.9 Å². The minimum atomic E-state index is 0.489. The SMILES string of the molecule is C=CCNC(=S)NN=Cc1ccc(C)cc1. The molecule has 0 amide bonds. The Kier molecular flexibility index (Phi) is 5.22. The van der Waals surface area contributed by atoms with Crippen molar-refractivity contribution in [1.82, 2.24) is 10.7 Å². The van der Waals surface area contributed by atoms with Gasteiger partial charge in [0.2, 0.25) is 0 Å². The molecule has 0 saturated heterocycles. The first-order valence-electron chi connectivity index (χ1n) is 4.97. The number of aryl methyl sites for hydroxylation is 1. The molecule has 2 N–H and O–H groups in total. The summed E-state index contributed by atoms with van der Waals surface area (Å²) in [4.78, 5) is 0. The van der Waals surface area contributed by atoms with Gasteiger partial charge in [0.25, 0.3) is 0 Å². The second kappa shape index (κ2) is 6.74. The standard InChI is InChI=1S/C12H15N3S/c1-3-8-13-12(16)15-14-9-11-6-4-10(2)5-7-11/h3-7,9H,1,8H2,2H3,(H2,13,15,16). The molecule has 0 atom stereocenters. The summed E-state index contributed by atoms with van der Waals surface area (Å²) in [5.41, 5.74) is 4.98. The van der Waals surface area contributed by atoms with Crippen molar-refractivity contribution in [3.05, 3.63) is 48.0 Å². The zero-order valence-corrected chi connectivity index (χ0v) is 10.1. The van der Waals surface area contributed by atoms with E-state index in [0.717, 1.165) is 5.56 Å². The molecule has 0 radical (unpaired) electrons. The normalized spacial score (nSPS) is 10.1. The Morgan fingerprint density at radius 1 is 1.44 bits per heavy atom. The number of nitrogens with zero attached hydrogens (tertiary/aromatic N) is 1. The first-order valence-corrected chi connectivity index (χ1v) is 5.37. The zero-order chi connectivity index (χ0) is 11.8. The van der Waals surface area contributed by atoms with Crippen LogP contribution in [0.2, 0.25) is 0 Å². The molecule has 0 spiro atoms. The third-order valence-corrected chi connectivity index (χ3v) is 2.10. The summed E-state index contributed by atoms with van der Waals surface area (Å²) in [5, 5.41) is 7.42. The molecular formula is C12H15N3S. The number of hydrogen-bond donors (Lipinski definition) is 2. The van der Waals surface area contributed by atoms with Gasteiger partial charge < -0.3 is 5.32 Å². The maximum absolute atomic E-state index is 4.97. The number of thiocarbonyl (C=S) groups is 1. The molecule has 0 aromatic heterocycles. The third-order valence-electron chi connectivity index (χ3n) is 1.86. The highest BCUT2D eigenvalue weighted by Crippen LogP contribution is 1.99. The molecule has 1 rings (SSSR count). The lowest BCUT2D eigenvalue weighted by Gasteiger charge is -2.02. The first-order chi connectivity index (χ1) is 7.72. The molecule has 1 aromatic rings. The Morgan fingerprint density at radius 3 is 2.75 bits per heavy atom. The topological polar surface area (TPSA) is 36.4 Å². The molecule has 16 heavy (non-hydrogen) atoms. The molecule has 0 aliphatic rings. The highest BCUT2D eigenvalue weighted by Gasteiger charge is 1.89. The Hall–Kier alpha value is -1.68. The molecule has 1 aromatic carbocycles. The van der Waals surface area contributed by atoms with E-state index in [1.165, 1.54) is 5.56 Å². The Labute approximate surface area is 101 Å². The van der Waals surface area contributed by atoms with Crippen LogP contribution in [0.4, 0.5) is 0 Å². The van der Waals surface area contributed by atoms with Crippen molar-refractivity contribution in [3.8, 4) is 0 Å². The van der Waals surface area contributed by atoms with Crippen molar-refractivity contribution in [2.24, 2.45) is 5.10 Å². The average molecular weight is 233 g/mol. The van der Waals surface area contributed by atoms with E-state index in [9.17, 15) is 0 Å². The first kappa shape index (κ1) is 12.4. The van der Waals surface area contributed by atoms with E-state index >= 15 is 0 Å². The summed E-state index contributed by atoms with van der Waals surface area (Å²) in [6.45, 7) is 6.26. The number of benzene rings is 1. The van der Waals surface area contributed by atoms with Gasteiger partial charge in [-0.2, -0.15) is 5.10 Å². The zero-order valence-electron chi connectivity index (χ0n) is 9.23. The van der Waals surface area contributed by atoms with Crippen LogP contribution in [0.25, 0.3) is 0 Å². The van der Waals surface area contributed by atoms with Crippen LogP contribution in [0, 0.1) is 6.92 Å². The van der Waals surface area contributed by atoms with E-state index in [1.54, 1.807) is 12.3 Å². The van der Waals surface area contributed by atoms with E-state index in [1.807, 2.05) is 31.2 Å². The summed E-state index contributed by atoms with van der Waals surface area (Å²) in [6, 6.07) is 8.08. The van der Waals surface area contributed by atoms with Crippen molar-refractivity contribution in [1.29, 1.82) is 0 Å². The maximum Gasteiger partial charge on any atom is 0.187 e. The molecule has 0 fully saturated rings. The van der Waals surface area contributed by atoms with E-state index in [2.05, 4.69) is 22.4 Å². The van der Waals surface area contributed by atoms with Crippen LogP contribution < -0.4 is 10.7 Å². The van der Waals surface area contributed by atoms with Crippen LogP contribution >= 0.6 is 12.2 Å². The summed E-state index contributed by atoms with van der Waals surface area (Å²) in [5.74, 6) is 0. The Bertz CT molecular complexity index is 382. The number of rotatable bonds is 4. The summed E-state index contributed by atoms with van der Waals surface area (Å²) < 4.78 is 0. The highest BCUT2D eigenvalue weighted by molar-refractivity contribution is 7.80. The molecule has 0 aliphatic heterocycles. The smallest absolute Gasteiger partial charge is 0.187 e. The van der Waals surface area contributed by atoms with Gasteiger partial charge in [-0.15, -0.1) is 6.58 Å². The van der Waals surface area contributed by atoms with Crippen molar-refractivity contribution >= 4 is 23.5 Å². The molecule has 0 bridgehead atoms. The van der Waals surface area contributed by atoms with E-state index in [4.69, 9.17) is 12.2 Å². The van der Waals surface area contributed by atoms with Crippen LogP contribution in [-0.2, 0) is 0 Å². The largest absolute Gasteiger partial charge is 0.358 e. The molecule has 0 saturated carbocycles. The number of hydrazone groups is 1. The molecule has 0 unspecified atom stereocenters. The fraction of sp³-hybridized carbons (Fsp3) is 0.167. The highest BCUT2D eigenvalue weighted by atomic mass is 32.1. The molecule has 0 heterocycles. The average Bonchev–Trinajstić information content (AvgIpc) is 2.29. The van der Waals surface area contributed by atoms with Gasteiger partial charge in [-0.05, 0) is 24.7 Å². The lowest BCUT2D eigenvalue weighted by molar-refractivity contribution is 0.942. The molecule has 0 aliphatic carbocycles. The van der Waals surface area contributed by atoms with Gasteiger partial charge in [0.05, 0.1) is 6.21 Å². The molecular weight excluding hydrogens is 218 g/mol. The fourth-order valence-electron chi connectivity index (χ4n) is 1.02. The second-order valence-corrected chi connectivity index (χ2v) is 3.69. The van der Waals surface area contributed by atoms with Crippen molar-refractivity contribution < 1.29 is 0 Å². The molecule has 84 valence electrons. The van der Waals surface area contributed by atoms with Crippen LogP contribution in [0.1, 0.15) is 11.1 Å². The minimum Gasteiger partial charge on any atom is -0.358 e. The van der Waals surface area contributed by atoms with Gasteiger partial charge in [0, 0.05) is 6.54 Å². The van der Waals surface area contributed by atoms with Gasteiger partial charge in [0.15, 0.2) is 5.11 Å². The van der Waals surface area contributed by atoms with E-state index < -0.39 is 0 Å². The summed E-state index contributed by atoms with van der Waals surface area (Å²) in [6.07, 6.45) is 3.46. The monoisotopic (exact) mass is 233 g/mol.